The summed E-state index contributed by atoms with van der Waals surface area (Å²) in [5.74, 6) is -4.25. The van der Waals surface area contributed by atoms with E-state index in [-0.39, 0.29) is 26.4 Å². The molecule has 0 amide bonds. The lowest BCUT2D eigenvalue weighted by atomic mass is 10.4. The summed E-state index contributed by atoms with van der Waals surface area (Å²) in [4.78, 5) is 56.1. The second-order valence-electron chi connectivity index (χ2n) is 5.35. The molecule has 0 aromatic rings. The molecule has 0 bridgehead atoms. The van der Waals surface area contributed by atoms with Gasteiger partial charge in [-0.2, -0.15) is 0 Å². The van der Waals surface area contributed by atoms with Crippen LogP contribution in [0, 0.1) is 0 Å². The number of aliphatic carboxylic acids is 4. The van der Waals surface area contributed by atoms with E-state index in [0.717, 1.165) is 27.7 Å². The van der Waals surface area contributed by atoms with Crippen LogP contribution >= 0.6 is 0 Å². The first-order valence-electron chi connectivity index (χ1n) is 8.89. The van der Waals surface area contributed by atoms with E-state index in [0.29, 0.717) is 0 Å². The zero-order chi connectivity index (χ0) is 28.9. The number of hydrogen-bond donors (Lipinski definition) is 8. The molecule has 204 valence electrons. The average molecular weight is 508 g/mol. The van der Waals surface area contributed by atoms with Crippen LogP contribution in [-0.2, 0) is 38.2 Å². The van der Waals surface area contributed by atoms with Crippen LogP contribution in [0.3, 0.4) is 0 Å². The van der Waals surface area contributed by atoms with E-state index in [4.69, 9.17) is 60.0 Å². The first kappa shape index (κ1) is 44.4. The molecule has 0 aliphatic rings. The number of ether oxygens (including phenoxy) is 2. The maximum absolute atomic E-state index is 10.0. The van der Waals surface area contributed by atoms with Gasteiger partial charge in [0.2, 0.25) is 0 Å². The van der Waals surface area contributed by atoms with Crippen molar-refractivity contribution in [3.8, 4) is 0 Å². The van der Waals surface area contributed by atoms with E-state index in [9.17, 15) is 9.59 Å². The Hall–Kier alpha value is -3.34. The fourth-order valence-electron chi connectivity index (χ4n) is 0.533. The largest absolute Gasteiger partial charge is 0.481 e. The van der Waals surface area contributed by atoms with E-state index >= 15 is 0 Å². The van der Waals surface area contributed by atoms with Gasteiger partial charge < -0.3 is 50.3 Å². The lowest BCUT2D eigenvalue weighted by Gasteiger charge is -2.05. The molecule has 34 heavy (non-hydrogen) atoms. The van der Waals surface area contributed by atoms with Crippen LogP contribution in [0.5, 0.6) is 0 Å². The molecule has 0 fully saturated rings. The Morgan fingerprint density at radius 1 is 0.529 bits per heavy atom. The Bertz CT molecular complexity index is 458. The SMILES string of the molecule is CC(=O)O.CC(=O)O.CC(=O)O.CC(=O)O.CC(=O)OCC(O)CO.CC(=O)OCC(O)CO. The van der Waals surface area contributed by atoms with Crippen LogP contribution in [-0.4, -0.2) is 115 Å². The molecule has 0 saturated heterocycles. The summed E-state index contributed by atoms with van der Waals surface area (Å²) in [7, 11) is 0. The van der Waals surface area contributed by atoms with Gasteiger partial charge >= 0.3 is 11.9 Å². The zero-order valence-corrected chi connectivity index (χ0v) is 19.8. The smallest absolute Gasteiger partial charge is 0.302 e. The molecule has 16 heteroatoms. The van der Waals surface area contributed by atoms with E-state index in [1.807, 2.05) is 0 Å². The van der Waals surface area contributed by atoms with E-state index < -0.39 is 48.0 Å². The first-order chi connectivity index (χ1) is 15.3. The number of aliphatic hydroxyl groups is 4. The molecule has 0 rings (SSSR count). The summed E-state index contributed by atoms with van der Waals surface area (Å²) < 4.78 is 8.69. The fourth-order valence-corrected chi connectivity index (χ4v) is 0.533. The number of hydrogen-bond acceptors (Lipinski definition) is 12. The third kappa shape index (κ3) is 193. The second kappa shape index (κ2) is 34.3. The molecular weight excluding hydrogens is 472 g/mol. The minimum absolute atomic E-state index is 0.133. The predicted molar refractivity (Wildman–Crippen MR) is 113 cm³/mol. The number of rotatable bonds is 6. The number of carbonyl (C=O) groups excluding carboxylic acids is 2. The molecule has 0 aromatic heterocycles. The molecule has 0 aromatic carbocycles. The number of carbonyl (C=O) groups is 6. The molecule has 2 unspecified atom stereocenters. The van der Waals surface area contributed by atoms with Crippen molar-refractivity contribution in [3.63, 3.8) is 0 Å². The van der Waals surface area contributed by atoms with Gasteiger partial charge in [-0.3, -0.25) is 28.8 Å². The van der Waals surface area contributed by atoms with Crippen molar-refractivity contribution in [1.29, 1.82) is 0 Å². The highest BCUT2D eigenvalue weighted by molar-refractivity contribution is 5.66. The highest BCUT2D eigenvalue weighted by atomic mass is 16.5. The third-order valence-electron chi connectivity index (χ3n) is 1.38. The quantitative estimate of drug-likeness (QED) is 0.183. The van der Waals surface area contributed by atoms with Crippen molar-refractivity contribution in [3.05, 3.63) is 0 Å². The van der Waals surface area contributed by atoms with Crippen LogP contribution in [0.1, 0.15) is 41.5 Å². The number of aliphatic hydroxyl groups excluding tert-OH is 4. The second-order valence-corrected chi connectivity index (χ2v) is 5.35. The van der Waals surface area contributed by atoms with Crippen LogP contribution < -0.4 is 0 Å². The maximum Gasteiger partial charge on any atom is 0.302 e. The summed E-state index contributed by atoms with van der Waals surface area (Å²) in [6.45, 7) is 5.78. The molecular formula is C18H36O16. The summed E-state index contributed by atoms with van der Waals surface area (Å²) in [5.41, 5.74) is 0. The van der Waals surface area contributed by atoms with Crippen molar-refractivity contribution in [2.24, 2.45) is 0 Å². The van der Waals surface area contributed by atoms with Crippen LogP contribution in [0.15, 0.2) is 0 Å². The Morgan fingerprint density at radius 3 is 0.765 bits per heavy atom. The minimum atomic E-state index is -0.950. The van der Waals surface area contributed by atoms with Crippen molar-refractivity contribution >= 4 is 35.8 Å². The third-order valence-corrected chi connectivity index (χ3v) is 1.38. The van der Waals surface area contributed by atoms with Gasteiger partial charge in [-0.05, 0) is 0 Å². The minimum Gasteiger partial charge on any atom is -0.481 e. The van der Waals surface area contributed by atoms with Gasteiger partial charge in [-0.25, -0.2) is 0 Å². The van der Waals surface area contributed by atoms with Crippen LogP contribution in [0.4, 0.5) is 0 Å². The summed E-state index contributed by atoms with van der Waals surface area (Å²) in [6, 6.07) is 0. The Kier molecular flexibility index (Phi) is 44.7. The van der Waals surface area contributed by atoms with E-state index in [1.165, 1.54) is 13.8 Å². The van der Waals surface area contributed by atoms with Crippen molar-refractivity contribution < 1.29 is 79.1 Å². The molecule has 0 radical (unpaired) electrons. The van der Waals surface area contributed by atoms with E-state index in [2.05, 4.69) is 9.47 Å². The van der Waals surface area contributed by atoms with Gasteiger partial charge in [0.1, 0.15) is 25.4 Å². The molecule has 0 saturated carbocycles. The normalized spacial score (nSPS) is 9.71. The molecule has 0 aliphatic heterocycles. The van der Waals surface area contributed by atoms with Gasteiger partial charge in [-0.15, -0.1) is 0 Å². The lowest BCUT2D eigenvalue weighted by Crippen LogP contribution is -2.20. The molecule has 2 atom stereocenters. The first-order valence-corrected chi connectivity index (χ1v) is 8.89. The molecule has 0 spiro atoms. The average Bonchev–Trinajstić information content (AvgIpc) is 2.62. The standard InChI is InChI=1S/2C5H10O4.4C2H4O2/c2*1-4(7)9-3-5(8)2-6;4*1-2(3)4/h2*5-6,8H,2-3H2,1H3;4*1H3,(H,3,4). The number of carboxylic acids is 4. The van der Waals surface area contributed by atoms with Gasteiger partial charge in [-0.1, -0.05) is 0 Å². The van der Waals surface area contributed by atoms with Gasteiger partial charge in [0.15, 0.2) is 0 Å². The van der Waals surface area contributed by atoms with Crippen LogP contribution in [0.2, 0.25) is 0 Å². The fraction of sp³-hybridized carbons (Fsp3) is 0.667. The van der Waals surface area contributed by atoms with Gasteiger partial charge in [0, 0.05) is 41.5 Å². The number of esters is 2. The van der Waals surface area contributed by atoms with E-state index in [1.54, 1.807) is 0 Å². The molecule has 8 N–H and O–H groups in total. The Labute approximate surface area is 196 Å². The zero-order valence-electron chi connectivity index (χ0n) is 19.8. The highest BCUT2D eigenvalue weighted by Gasteiger charge is 2.02. The number of carboxylic acid groups (broad SMARTS) is 4. The Morgan fingerprint density at radius 2 is 0.676 bits per heavy atom. The highest BCUT2D eigenvalue weighted by Crippen LogP contribution is 1.83. The van der Waals surface area contributed by atoms with Gasteiger partial charge in [0.25, 0.3) is 23.9 Å². The maximum atomic E-state index is 10.0. The molecule has 0 aliphatic carbocycles. The van der Waals surface area contributed by atoms with Crippen LogP contribution in [0.25, 0.3) is 0 Å². The monoisotopic (exact) mass is 508 g/mol. The Balaban J connectivity index is -0.0000000728. The summed E-state index contributed by atoms with van der Waals surface area (Å²) >= 11 is 0. The van der Waals surface area contributed by atoms with Crippen molar-refractivity contribution in [1.82, 2.24) is 0 Å². The van der Waals surface area contributed by atoms with Crippen molar-refractivity contribution in [2.45, 2.75) is 53.8 Å². The topological polar surface area (TPSA) is 283 Å². The summed E-state index contributed by atoms with van der Waals surface area (Å²) in [6.07, 6.45) is -1.90. The molecule has 16 nitrogen and oxygen atoms in total. The lowest BCUT2D eigenvalue weighted by molar-refractivity contribution is -0.145. The summed E-state index contributed by atoms with van der Waals surface area (Å²) in [5, 5.41) is 63.2. The molecule has 0 heterocycles. The van der Waals surface area contributed by atoms with Gasteiger partial charge in [0.05, 0.1) is 13.2 Å². The van der Waals surface area contributed by atoms with Crippen molar-refractivity contribution in [2.75, 3.05) is 26.4 Å². The predicted octanol–water partition coefficient (Wildman–Crippen LogP) is -1.83.